The van der Waals surface area contributed by atoms with E-state index in [2.05, 4.69) is 5.32 Å². The van der Waals surface area contributed by atoms with Crippen LogP contribution in [0.25, 0.3) is 0 Å². The molecule has 8 heteroatoms. The minimum atomic E-state index is -0.296. The van der Waals surface area contributed by atoms with E-state index >= 15 is 0 Å². The van der Waals surface area contributed by atoms with E-state index < -0.39 is 0 Å². The summed E-state index contributed by atoms with van der Waals surface area (Å²) in [6.45, 7) is 5.58. The van der Waals surface area contributed by atoms with Crippen LogP contribution in [0.5, 0.6) is 0 Å². The number of urea groups is 1. The van der Waals surface area contributed by atoms with E-state index in [0.29, 0.717) is 36.8 Å². The Balaban J connectivity index is 1.41. The lowest BCUT2D eigenvalue weighted by Crippen LogP contribution is -2.31. The standard InChI is InChI=1S/C22H22FN3O3S/c1-14-11-19(30-20(14)21(27)24-12-18-8-3-15(2)29-18)26-10-9-25(22(26)28)13-16-4-6-17(23)7-5-16/h3-8,11H,9-10,12-13H2,1-2H3,(H,24,27). The maximum absolute atomic E-state index is 13.1. The molecule has 0 aliphatic carbocycles. The van der Waals surface area contributed by atoms with Gasteiger partial charge in [0, 0.05) is 19.6 Å². The molecule has 1 N–H and O–H groups in total. The average molecular weight is 428 g/mol. The third-order valence-electron chi connectivity index (χ3n) is 4.98. The summed E-state index contributed by atoms with van der Waals surface area (Å²) < 4.78 is 18.6. The first-order chi connectivity index (χ1) is 14.4. The van der Waals surface area contributed by atoms with E-state index in [9.17, 15) is 14.0 Å². The number of rotatable bonds is 6. The summed E-state index contributed by atoms with van der Waals surface area (Å²) in [5, 5.41) is 3.61. The van der Waals surface area contributed by atoms with Crippen LogP contribution in [0.3, 0.4) is 0 Å². The number of benzene rings is 1. The van der Waals surface area contributed by atoms with Crippen molar-refractivity contribution in [2.45, 2.75) is 26.9 Å². The number of thiophene rings is 1. The summed E-state index contributed by atoms with van der Waals surface area (Å²) >= 11 is 1.31. The van der Waals surface area contributed by atoms with Gasteiger partial charge in [0.15, 0.2) is 0 Å². The molecule has 0 spiro atoms. The monoisotopic (exact) mass is 427 g/mol. The summed E-state index contributed by atoms with van der Waals surface area (Å²) in [7, 11) is 0. The Kier molecular flexibility index (Phi) is 5.59. The first-order valence-electron chi connectivity index (χ1n) is 9.65. The SMILES string of the molecule is Cc1ccc(CNC(=O)c2sc(N3CCN(Cc4ccc(F)cc4)C3=O)cc2C)o1. The van der Waals surface area contributed by atoms with Crippen LogP contribution in [0, 0.1) is 19.7 Å². The van der Waals surface area contributed by atoms with Gasteiger partial charge in [-0.2, -0.15) is 0 Å². The number of amides is 3. The van der Waals surface area contributed by atoms with Gasteiger partial charge in [0.2, 0.25) is 0 Å². The number of carbonyl (C=O) groups excluding carboxylic acids is 2. The third kappa shape index (κ3) is 4.23. The second-order valence-electron chi connectivity index (χ2n) is 7.27. The fourth-order valence-corrected chi connectivity index (χ4v) is 4.50. The van der Waals surface area contributed by atoms with Crippen molar-refractivity contribution >= 4 is 28.3 Å². The minimum absolute atomic E-state index is 0.112. The molecule has 30 heavy (non-hydrogen) atoms. The summed E-state index contributed by atoms with van der Waals surface area (Å²) in [5.74, 6) is 1.01. The van der Waals surface area contributed by atoms with Crippen LogP contribution < -0.4 is 10.2 Å². The van der Waals surface area contributed by atoms with Gasteiger partial charge < -0.3 is 14.6 Å². The molecule has 1 aliphatic heterocycles. The molecule has 3 heterocycles. The molecule has 0 atom stereocenters. The minimum Gasteiger partial charge on any atom is -0.465 e. The molecule has 0 unspecified atom stereocenters. The Morgan fingerprint density at radius 1 is 1.17 bits per heavy atom. The van der Waals surface area contributed by atoms with Gasteiger partial charge in [-0.15, -0.1) is 11.3 Å². The van der Waals surface area contributed by atoms with Crippen molar-refractivity contribution in [2.24, 2.45) is 0 Å². The second kappa shape index (κ2) is 8.31. The lowest BCUT2D eigenvalue weighted by Gasteiger charge is -2.17. The topological polar surface area (TPSA) is 65.8 Å². The molecule has 1 saturated heterocycles. The van der Waals surface area contributed by atoms with Gasteiger partial charge in [0.05, 0.1) is 11.4 Å². The summed E-state index contributed by atoms with van der Waals surface area (Å²) in [6, 6.07) is 11.6. The highest BCUT2D eigenvalue weighted by Gasteiger charge is 2.31. The van der Waals surface area contributed by atoms with Crippen LogP contribution in [0.2, 0.25) is 0 Å². The number of aryl methyl sites for hydroxylation is 2. The summed E-state index contributed by atoms with van der Waals surface area (Å²) in [6.07, 6.45) is 0. The molecule has 0 saturated carbocycles. The highest BCUT2D eigenvalue weighted by Crippen LogP contribution is 2.32. The van der Waals surface area contributed by atoms with Crippen molar-refractivity contribution < 1.29 is 18.4 Å². The van der Waals surface area contributed by atoms with Gasteiger partial charge in [-0.1, -0.05) is 12.1 Å². The van der Waals surface area contributed by atoms with Crippen molar-refractivity contribution in [1.29, 1.82) is 0 Å². The maximum atomic E-state index is 13.1. The van der Waals surface area contributed by atoms with Crippen molar-refractivity contribution in [3.8, 4) is 0 Å². The van der Waals surface area contributed by atoms with Crippen molar-refractivity contribution in [3.05, 3.63) is 75.8 Å². The van der Waals surface area contributed by atoms with Gasteiger partial charge in [-0.05, 0) is 55.3 Å². The lowest BCUT2D eigenvalue weighted by molar-refractivity contribution is 0.0951. The Hall–Kier alpha value is -3.13. The van der Waals surface area contributed by atoms with Crippen LogP contribution in [-0.4, -0.2) is 29.9 Å². The number of nitrogens with one attached hydrogen (secondary N) is 1. The largest absolute Gasteiger partial charge is 0.465 e. The van der Waals surface area contributed by atoms with E-state index in [1.807, 2.05) is 32.0 Å². The number of halogens is 1. The van der Waals surface area contributed by atoms with Gasteiger partial charge in [-0.25, -0.2) is 9.18 Å². The Morgan fingerprint density at radius 3 is 2.63 bits per heavy atom. The van der Waals surface area contributed by atoms with E-state index in [1.54, 1.807) is 21.9 Å². The molecule has 1 fully saturated rings. The summed E-state index contributed by atoms with van der Waals surface area (Å²) in [4.78, 5) is 29.4. The van der Waals surface area contributed by atoms with Crippen LogP contribution >= 0.6 is 11.3 Å². The zero-order valence-corrected chi connectivity index (χ0v) is 17.6. The molecule has 4 rings (SSSR count). The van der Waals surface area contributed by atoms with Gasteiger partial charge >= 0.3 is 6.03 Å². The van der Waals surface area contributed by atoms with Crippen LogP contribution in [-0.2, 0) is 13.1 Å². The molecule has 2 aromatic heterocycles. The van der Waals surface area contributed by atoms with E-state index in [0.717, 1.165) is 21.9 Å². The van der Waals surface area contributed by atoms with Gasteiger partial charge in [0.1, 0.15) is 22.3 Å². The molecule has 6 nitrogen and oxygen atoms in total. The molecule has 3 amide bonds. The molecule has 0 radical (unpaired) electrons. The molecule has 1 aromatic carbocycles. The third-order valence-corrected chi connectivity index (χ3v) is 6.24. The van der Waals surface area contributed by atoms with E-state index in [-0.39, 0.29) is 17.8 Å². The number of hydrogen-bond acceptors (Lipinski definition) is 4. The number of nitrogens with zero attached hydrogens (tertiary/aromatic N) is 2. The highest BCUT2D eigenvalue weighted by molar-refractivity contribution is 7.18. The van der Waals surface area contributed by atoms with Gasteiger partial charge in [-0.3, -0.25) is 9.69 Å². The van der Waals surface area contributed by atoms with Crippen molar-refractivity contribution in [3.63, 3.8) is 0 Å². The zero-order valence-electron chi connectivity index (χ0n) is 16.8. The van der Waals surface area contributed by atoms with E-state index in [1.165, 1.54) is 23.5 Å². The first kappa shape index (κ1) is 20.2. The van der Waals surface area contributed by atoms with Crippen molar-refractivity contribution in [1.82, 2.24) is 10.2 Å². The fourth-order valence-electron chi connectivity index (χ4n) is 3.40. The Morgan fingerprint density at radius 2 is 1.93 bits per heavy atom. The quantitative estimate of drug-likeness (QED) is 0.631. The molecule has 1 aliphatic rings. The predicted molar refractivity (Wildman–Crippen MR) is 113 cm³/mol. The predicted octanol–water partition coefficient (Wildman–Crippen LogP) is 4.47. The molecule has 3 aromatic rings. The smallest absolute Gasteiger partial charge is 0.325 e. The number of anilines is 1. The first-order valence-corrected chi connectivity index (χ1v) is 10.5. The number of carbonyl (C=O) groups is 2. The van der Waals surface area contributed by atoms with Crippen LogP contribution in [0.15, 0.2) is 46.9 Å². The number of hydrogen-bond donors (Lipinski definition) is 1. The lowest BCUT2D eigenvalue weighted by atomic mass is 10.2. The van der Waals surface area contributed by atoms with Gasteiger partial charge in [0.25, 0.3) is 5.91 Å². The zero-order chi connectivity index (χ0) is 21.3. The molecule has 0 bridgehead atoms. The molecular formula is C22H22FN3O3S. The average Bonchev–Trinajstić information content (AvgIpc) is 3.41. The Bertz CT molecular complexity index is 1070. The number of furan rings is 1. The van der Waals surface area contributed by atoms with Crippen LogP contribution in [0.1, 0.15) is 32.3 Å². The summed E-state index contributed by atoms with van der Waals surface area (Å²) in [5.41, 5.74) is 1.70. The maximum Gasteiger partial charge on any atom is 0.325 e. The highest BCUT2D eigenvalue weighted by atomic mass is 32.1. The molecular weight excluding hydrogens is 405 g/mol. The molecule has 156 valence electrons. The second-order valence-corrected chi connectivity index (χ2v) is 8.30. The Labute approximate surface area is 177 Å². The van der Waals surface area contributed by atoms with Crippen LogP contribution in [0.4, 0.5) is 14.2 Å². The van der Waals surface area contributed by atoms with E-state index in [4.69, 9.17) is 4.42 Å². The van der Waals surface area contributed by atoms with Crippen molar-refractivity contribution in [2.75, 3.05) is 18.0 Å². The normalized spacial score (nSPS) is 13.9. The fraction of sp³-hybridized carbons (Fsp3) is 0.273.